The normalized spacial score (nSPS) is 11.6. The monoisotopic (exact) mass is 323 g/mol. The molecule has 0 aromatic heterocycles. The van der Waals surface area contributed by atoms with Crippen molar-refractivity contribution < 1.29 is 31.8 Å². The van der Waals surface area contributed by atoms with Gasteiger partial charge in [0.1, 0.15) is 16.3 Å². The zero-order chi connectivity index (χ0) is 16.0. The summed E-state index contributed by atoms with van der Waals surface area (Å²) in [6.07, 6.45) is 1.06. The molecule has 6 nitrogen and oxygen atoms in total. The average molecular weight is 323 g/mol. The van der Waals surface area contributed by atoms with Crippen molar-refractivity contribution in [3.63, 3.8) is 0 Å². The number of hydrogen-bond donors (Lipinski definition) is 2. The molecule has 0 saturated heterocycles. The van der Waals surface area contributed by atoms with Crippen molar-refractivity contribution in [3.05, 3.63) is 29.3 Å². The molecule has 0 aliphatic carbocycles. The quantitative estimate of drug-likeness (QED) is 0.705. The van der Waals surface area contributed by atoms with E-state index in [1.807, 2.05) is 0 Å². The molecule has 9 heteroatoms. The summed E-state index contributed by atoms with van der Waals surface area (Å²) in [6, 6.07) is 1.29. The molecule has 2 N–H and O–H groups in total. The van der Waals surface area contributed by atoms with Gasteiger partial charge in [-0.15, -0.1) is 0 Å². The first kappa shape index (κ1) is 17.5. The maximum absolute atomic E-state index is 13.8. The topological polar surface area (TPSA) is 92.7 Å². The second-order valence-corrected chi connectivity index (χ2v) is 5.87. The summed E-state index contributed by atoms with van der Waals surface area (Å²) in [4.78, 5) is 9.85. The van der Waals surface area contributed by atoms with Gasteiger partial charge in [-0.05, 0) is 25.0 Å². The largest absolute Gasteiger partial charge is 0.477 e. The summed E-state index contributed by atoms with van der Waals surface area (Å²) in [6.45, 7) is 0.487. The van der Waals surface area contributed by atoms with Crippen LogP contribution in [0.4, 0.5) is 8.78 Å². The highest BCUT2D eigenvalue weighted by Crippen LogP contribution is 2.21. The first-order valence-electron chi connectivity index (χ1n) is 6.01. The Bertz CT molecular complexity index is 618. The molecule has 0 atom stereocenters. The molecule has 1 aromatic carbocycles. The number of benzene rings is 1. The van der Waals surface area contributed by atoms with Crippen LogP contribution in [0.3, 0.4) is 0 Å². The molecule has 21 heavy (non-hydrogen) atoms. The van der Waals surface area contributed by atoms with Crippen LogP contribution in [0, 0.1) is 11.6 Å². The number of halogens is 2. The molecule has 0 aliphatic heterocycles. The van der Waals surface area contributed by atoms with Gasteiger partial charge < -0.3 is 9.84 Å². The molecule has 0 amide bonds. The first-order chi connectivity index (χ1) is 9.81. The van der Waals surface area contributed by atoms with Gasteiger partial charge in [-0.1, -0.05) is 0 Å². The van der Waals surface area contributed by atoms with Crippen molar-refractivity contribution in [2.24, 2.45) is 0 Å². The third-order valence-corrected chi connectivity index (χ3v) is 4.10. The molecule has 0 fully saturated rings. The highest BCUT2D eigenvalue weighted by atomic mass is 32.2. The number of aromatic carboxylic acids is 1. The van der Waals surface area contributed by atoms with Gasteiger partial charge in [0.15, 0.2) is 5.82 Å². The third-order valence-electron chi connectivity index (χ3n) is 2.63. The van der Waals surface area contributed by atoms with E-state index in [-0.39, 0.29) is 6.54 Å². The van der Waals surface area contributed by atoms with Gasteiger partial charge in [-0.25, -0.2) is 26.7 Å². The van der Waals surface area contributed by atoms with Crippen LogP contribution in [0.5, 0.6) is 0 Å². The highest BCUT2D eigenvalue weighted by molar-refractivity contribution is 7.89. The fraction of sp³-hybridized carbons (Fsp3) is 0.417. The van der Waals surface area contributed by atoms with Gasteiger partial charge in [0.05, 0.1) is 0 Å². The van der Waals surface area contributed by atoms with E-state index >= 15 is 0 Å². The molecular weight excluding hydrogens is 308 g/mol. The second kappa shape index (κ2) is 7.43. The lowest BCUT2D eigenvalue weighted by Crippen LogP contribution is -2.26. The van der Waals surface area contributed by atoms with E-state index in [4.69, 9.17) is 9.84 Å². The number of sulfonamides is 1. The van der Waals surface area contributed by atoms with Crippen LogP contribution in [-0.4, -0.2) is 39.8 Å². The van der Waals surface area contributed by atoms with Crippen LogP contribution >= 0.6 is 0 Å². The number of nitrogens with one attached hydrogen (secondary N) is 1. The second-order valence-electron chi connectivity index (χ2n) is 4.14. The number of carbonyl (C=O) groups is 1. The van der Waals surface area contributed by atoms with Gasteiger partial charge in [0, 0.05) is 20.3 Å². The molecular formula is C12H15F2NO5S. The number of ether oxygens (including phenoxy) is 1. The number of methoxy groups -OCH3 is 1. The predicted molar refractivity (Wildman–Crippen MR) is 69.6 cm³/mol. The molecule has 0 spiro atoms. The summed E-state index contributed by atoms with van der Waals surface area (Å²) in [5.41, 5.74) is -1.29. The molecule has 0 aliphatic rings. The molecule has 1 aromatic rings. The van der Waals surface area contributed by atoms with Crippen LogP contribution in [0.25, 0.3) is 0 Å². The van der Waals surface area contributed by atoms with E-state index in [0.29, 0.717) is 31.6 Å². The van der Waals surface area contributed by atoms with Gasteiger partial charge in [0.25, 0.3) is 0 Å². The minimum atomic E-state index is -4.25. The van der Waals surface area contributed by atoms with E-state index in [0.717, 1.165) is 0 Å². The Morgan fingerprint density at radius 1 is 1.33 bits per heavy atom. The summed E-state index contributed by atoms with van der Waals surface area (Å²) in [7, 11) is -2.74. The van der Waals surface area contributed by atoms with Crippen molar-refractivity contribution in [1.29, 1.82) is 0 Å². The smallest absolute Gasteiger partial charge is 0.341 e. The average Bonchev–Trinajstić information content (AvgIpc) is 2.37. The Kier molecular flexibility index (Phi) is 6.19. The lowest BCUT2D eigenvalue weighted by molar-refractivity contribution is 0.0685. The molecule has 1 rings (SSSR count). The fourth-order valence-corrected chi connectivity index (χ4v) is 2.75. The summed E-state index contributed by atoms with van der Waals surface area (Å²) in [5.74, 6) is -4.83. The SMILES string of the molecule is COCCCCNS(=O)(=O)c1ccc(F)c(C(=O)O)c1F. The lowest BCUT2D eigenvalue weighted by Gasteiger charge is -2.09. The van der Waals surface area contributed by atoms with Crippen LogP contribution in [0.2, 0.25) is 0 Å². The van der Waals surface area contributed by atoms with E-state index < -0.39 is 38.1 Å². The maximum Gasteiger partial charge on any atom is 0.341 e. The van der Waals surface area contributed by atoms with Crippen molar-refractivity contribution in [3.8, 4) is 0 Å². The van der Waals surface area contributed by atoms with Gasteiger partial charge in [0.2, 0.25) is 10.0 Å². The number of carboxylic acids is 1. The van der Waals surface area contributed by atoms with E-state index in [1.165, 1.54) is 7.11 Å². The maximum atomic E-state index is 13.8. The van der Waals surface area contributed by atoms with Crippen LogP contribution in [0.1, 0.15) is 23.2 Å². The Balaban J connectivity index is 2.94. The fourth-order valence-electron chi connectivity index (χ4n) is 1.59. The Labute approximate surface area is 120 Å². The number of unbranched alkanes of at least 4 members (excludes halogenated alkanes) is 1. The highest BCUT2D eigenvalue weighted by Gasteiger charge is 2.26. The molecule has 0 bridgehead atoms. The van der Waals surface area contributed by atoms with Crippen LogP contribution in [-0.2, 0) is 14.8 Å². The molecule has 0 saturated carbocycles. The van der Waals surface area contributed by atoms with E-state index in [9.17, 15) is 22.0 Å². The molecule has 0 heterocycles. The van der Waals surface area contributed by atoms with E-state index in [1.54, 1.807) is 0 Å². The van der Waals surface area contributed by atoms with Crippen molar-refractivity contribution in [2.45, 2.75) is 17.7 Å². The van der Waals surface area contributed by atoms with Crippen molar-refractivity contribution >= 4 is 16.0 Å². The summed E-state index contributed by atoms with van der Waals surface area (Å²) >= 11 is 0. The minimum Gasteiger partial charge on any atom is -0.477 e. The molecule has 0 radical (unpaired) electrons. The van der Waals surface area contributed by atoms with Crippen molar-refractivity contribution in [1.82, 2.24) is 4.72 Å². The van der Waals surface area contributed by atoms with Gasteiger partial charge >= 0.3 is 5.97 Å². The number of rotatable bonds is 8. The Morgan fingerprint density at radius 3 is 2.57 bits per heavy atom. The zero-order valence-corrected chi connectivity index (χ0v) is 12.0. The lowest BCUT2D eigenvalue weighted by atomic mass is 10.2. The first-order valence-corrected chi connectivity index (χ1v) is 7.49. The van der Waals surface area contributed by atoms with Gasteiger partial charge in [-0.2, -0.15) is 0 Å². The number of carboxylic acid groups (broad SMARTS) is 1. The predicted octanol–water partition coefficient (Wildman–Crippen LogP) is 1.37. The molecule has 118 valence electrons. The Morgan fingerprint density at radius 2 is 2.00 bits per heavy atom. The van der Waals surface area contributed by atoms with Crippen molar-refractivity contribution in [2.75, 3.05) is 20.3 Å². The van der Waals surface area contributed by atoms with Gasteiger partial charge in [-0.3, -0.25) is 0 Å². The minimum absolute atomic E-state index is 0.0327. The standard InChI is InChI=1S/C12H15F2NO5S/c1-20-7-3-2-6-15-21(18,19)9-5-4-8(13)10(11(9)14)12(16)17/h4-5,15H,2-3,6-7H2,1H3,(H,16,17). The number of hydrogen-bond acceptors (Lipinski definition) is 4. The van der Waals surface area contributed by atoms with Crippen LogP contribution in [0.15, 0.2) is 17.0 Å². The zero-order valence-electron chi connectivity index (χ0n) is 11.2. The molecule has 0 unspecified atom stereocenters. The summed E-state index contributed by atoms with van der Waals surface area (Å²) in [5, 5.41) is 8.70. The van der Waals surface area contributed by atoms with E-state index in [2.05, 4.69) is 4.72 Å². The van der Waals surface area contributed by atoms with Crippen LogP contribution < -0.4 is 4.72 Å². The third kappa shape index (κ3) is 4.45. The summed E-state index contributed by atoms with van der Waals surface area (Å²) < 4.78 is 57.7. The Hall–Kier alpha value is -1.58.